The van der Waals surface area contributed by atoms with Crippen LogP contribution in [0.1, 0.15) is 31.4 Å². The van der Waals surface area contributed by atoms with E-state index in [9.17, 15) is 5.11 Å². The van der Waals surface area contributed by atoms with Gasteiger partial charge in [-0.1, -0.05) is 30.3 Å². The maximum absolute atomic E-state index is 9.85. The summed E-state index contributed by atoms with van der Waals surface area (Å²) >= 11 is 0. The molecular formula is C13H21N3O2. The van der Waals surface area contributed by atoms with Crippen molar-refractivity contribution in [1.29, 1.82) is 0 Å². The average molecular weight is 251 g/mol. The maximum atomic E-state index is 9.85. The van der Waals surface area contributed by atoms with Crippen molar-refractivity contribution in [2.45, 2.75) is 32.4 Å². The molecule has 100 valence electrons. The molecule has 0 aromatic heterocycles. The van der Waals surface area contributed by atoms with Crippen LogP contribution < -0.4 is 11.1 Å². The summed E-state index contributed by atoms with van der Waals surface area (Å²) in [5, 5.41) is 24.6. The number of oxime groups is 1. The Morgan fingerprint density at radius 1 is 1.50 bits per heavy atom. The molecule has 0 fully saturated rings. The van der Waals surface area contributed by atoms with Crippen molar-refractivity contribution < 1.29 is 10.3 Å². The highest BCUT2D eigenvalue weighted by Crippen LogP contribution is 2.08. The van der Waals surface area contributed by atoms with Crippen molar-refractivity contribution in [3.05, 3.63) is 35.4 Å². The van der Waals surface area contributed by atoms with Gasteiger partial charge in [0.1, 0.15) is 0 Å². The minimum atomic E-state index is -0.691. The molecule has 1 aromatic carbocycles. The number of amidine groups is 1. The molecular weight excluding hydrogens is 230 g/mol. The highest BCUT2D eigenvalue weighted by Gasteiger charge is 2.16. The van der Waals surface area contributed by atoms with Crippen LogP contribution in [0, 0.1) is 0 Å². The summed E-state index contributed by atoms with van der Waals surface area (Å²) in [5.41, 5.74) is 6.53. The summed E-state index contributed by atoms with van der Waals surface area (Å²) in [6, 6.07) is 7.42. The zero-order valence-corrected chi connectivity index (χ0v) is 10.8. The van der Waals surface area contributed by atoms with Crippen molar-refractivity contribution >= 4 is 5.84 Å². The first kappa shape index (κ1) is 14.5. The lowest BCUT2D eigenvalue weighted by Gasteiger charge is -2.21. The van der Waals surface area contributed by atoms with Crippen LogP contribution in [0.15, 0.2) is 29.4 Å². The van der Waals surface area contributed by atoms with Gasteiger partial charge in [-0.05, 0) is 25.0 Å². The Kier molecular flexibility index (Phi) is 5.12. The normalized spacial score (nSPS) is 15.4. The van der Waals surface area contributed by atoms with Crippen LogP contribution in [0.2, 0.25) is 0 Å². The monoisotopic (exact) mass is 251 g/mol. The minimum Gasteiger partial charge on any atom is -0.409 e. The molecule has 5 heteroatoms. The molecule has 1 atom stereocenters. The fraction of sp³-hybridized carbons (Fsp3) is 0.462. The van der Waals surface area contributed by atoms with Crippen molar-refractivity contribution in [2.75, 3.05) is 6.54 Å². The Labute approximate surface area is 107 Å². The molecule has 1 unspecified atom stereocenters. The molecule has 0 radical (unpaired) electrons. The number of hydrogen-bond acceptors (Lipinski definition) is 4. The molecule has 5 nitrogen and oxygen atoms in total. The maximum Gasteiger partial charge on any atom is 0.170 e. The average Bonchev–Trinajstić information content (AvgIpc) is 2.38. The third-order valence-corrected chi connectivity index (χ3v) is 2.93. The lowest BCUT2D eigenvalue weighted by molar-refractivity contribution is 0.0555. The van der Waals surface area contributed by atoms with E-state index in [0.717, 1.165) is 5.56 Å². The first-order chi connectivity index (χ1) is 8.48. The summed E-state index contributed by atoms with van der Waals surface area (Å²) in [6.07, 6.45) is 0.699. The molecule has 0 saturated heterocycles. The standard InChI is InChI=1S/C13H21N3O2/c1-3-13(2,17)9-15-8-10-5-4-6-11(7-10)12(14)16-18/h4-7,15,17-18H,3,8-9H2,1-2H3,(H2,14,16). The minimum absolute atomic E-state index is 0.0948. The van der Waals surface area contributed by atoms with Gasteiger partial charge in [0.05, 0.1) is 5.60 Å². The molecule has 18 heavy (non-hydrogen) atoms. The fourth-order valence-electron chi connectivity index (χ4n) is 1.50. The first-order valence-corrected chi connectivity index (χ1v) is 5.98. The van der Waals surface area contributed by atoms with Gasteiger partial charge in [-0.25, -0.2) is 0 Å². The zero-order chi connectivity index (χ0) is 13.6. The Balaban J connectivity index is 2.58. The van der Waals surface area contributed by atoms with Gasteiger partial charge in [0.2, 0.25) is 0 Å². The smallest absolute Gasteiger partial charge is 0.170 e. The molecule has 1 aromatic rings. The summed E-state index contributed by atoms with van der Waals surface area (Å²) in [6.45, 7) is 4.90. The van der Waals surface area contributed by atoms with Crippen molar-refractivity contribution in [3.63, 3.8) is 0 Å². The highest BCUT2D eigenvalue weighted by molar-refractivity contribution is 5.97. The molecule has 0 heterocycles. The van der Waals surface area contributed by atoms with Gasteiger partial charge in [0.25, 0.3) is 0 Å². The quantitative estimate of drug-likeness (QED) is 0.263. The first-order valence-electron chi connectivity index (χ1n) is 5.98. The van der Waals surface area contributed by atoms with Crippen LogP contribution >= 0.6 is 0 Å². The molecule has 0 aliphatic rings. The Bertz CT molecular complexity index is 416. The third-order valence-electron chi connectivity index (χ3n) is 2.93. The van der Waals surface area contributed by atoms with Gasteiger partial charge in [-0.15, -0.1) is 0 Å². The number of benzene rings is 1. The summed E-state index contributed by atoms with van der Waals surface area (Å²) in [4.78, 5) is 0. The molecule has 5 N–H and O–H groups in total. The van der Waals surface area contributed by atoms with E-state index >= 15 is 0 Å². The lowest BCUT2D eigenvalue weighted by Crippen LogP contribution is -2.36. The summed E-state index contributed by atoms with van der Waals surface area (Å²) in [7, 11) is 0. The third kappa shape index (κ3) is 4.35. The largest absolute Gasteiger partial charge is 0.409 e. The van der Waals surface area contributed by atoms with Crippen LogP contribution in [0.25, 0.3) is 0 Å². The summed E-state index contributed by atoms with van der Waals surface area (Å²) in [5.74, 6) is 0.0948. The Morgan fingerprint density at radius 2 is 2.22 bits per heavy atom. The van der Waals surface area contributed by atoms with Gasteiger partial charge in [0, 0.05) is 18.7 Å². The van der Waals surface area contributed by atoms with Crippen LogP contribution in [0.4, 0.5) is 0 Å². The zero-order valence-electron chi connectivity index (χ0n) is 10.8. The van der Waals surface area contributed by atoms with Crippen LogP contribution in [-0.2, 0) is 6.54 Å². The van der Waals surface area contributed by atoms with Gasteiger partial charge < -0.3 is 21.4 Å². The Hall–Kier alpha value is -1.59. The molecule has 0 saturated carbocycles. The van der Waals surface area contributed by atoms with E-state index in [1.807, 2.05) is 25.1 Å². The number of hydrogen-bond donors (Lipinski definition) is 4. The van der Waals surface area contributed by atoms with E-state index in [0.29, 0.717) is 25.1 Å². The van der Waals surface area contributed by atoms with E-state index in [-0.39, 0.29) is 5.84 Å². The van der Waals surface area contributed by atoms with Gasteiger partial charge in [-0.2, -0.15) is 0 Å². The van der Waals surface area contributed by atoms with Gasteiger partial charge in [-0.3, -0.25) is 0 Å². The van der Waals surface area contributed by atoms with E-state index in [4.69, 9.17) is 10.9 Å². The second kappa shape index (κ2) is 6.37. The predicted molar refractivity (Wildman–Crippen MR) is 71.6 cm³/mol. The van der Waals surface area contributed by atoms with Crippen LogP contribution in [-0.4, -0.2) is 28.3 Å². The molecule has 0 aliphatic carbocycles. The van der Waals surface area contributed by atoms with Gasteiger partial charge in [0.15, 0.2) is 5.84 Å². The molecule has 0 aliphatic heterocycles. The lowest BCUT2D eigenvalue weighted by atomic mass is 10.0. The second-order valence-electron chi connectivity index (χ2n) is 4.64. The molecule has 0 bridgehead atoms. The summed E-state index contributed by atoms with van der Waals surface area (Å²) < 4.78 is 0. The topological polar surface area (TPSA) is 90.9 Å². The molecule has 0 spiro atoms. The second-order valence-corrected chi connectivity index (χ2v) is 4.64. The highest BCUT2D eigenvalue weighted by atomic mass is 16.4. The van der Waals surface area contributed by atoms with E-state index in [1.54, 1.807) is 13.0 Å². The fourth-order valence-corrected chi connectivity index (χ4v) is 1.50. The number of rotatable bonds is 6. The Morgan fingerprint density at radius 3 is 2.83 bits per heavy atom. The number of aliphatic hydroxyl groups is 1. The number of nitrogens with zero attached hydrogens (tertiary/aromatic N) is 1. The number of nitrogens with two attached hydrogens (primary N) is 1. The van der Waals surface area contributed by atoms with Crippen molar-refractivity contribution in [2.24, 2.45) is 10.9 Å². The van der Waals surface area contributed by atoms with Crippen LogP contribution in [0.5, 0.6) is 0 Å². The predicted octanol–water partition coefficient (Wildman–Crippen LogP) is 1.03. The molecule has 1 rings (SSSR count). The van der Waals surface area contributed by atoms with Crippen molar-refractivity contribution in [3.8, 4) is 0 Å². The SMILES string of the molecule is CCC(C)(O)CNCc1cccc(C(N)=NO)c1. The van der Waals surface area contributed by atoms with Gasteiger partial charge >= 0.3 is 0 Å². The van der Waals surface area contributed by atoms with E-state index in [1.165, 1.54) is 0 Å². The van der Waals surface area contributed by atoms with Crippen molar-refractivity contribution in [1.82, 2.24) is 5.32 Å². The number of nitrogens with one attached hydrogen (secondary N) is 1. The van der Waals surface area contributed by atoms with Crippen LogP contribution in [0.3, 0.4) is 0 Å². The van der Waals surface area contributed by atoms with E-state index in [2.05, 4.69) is 10.5 Å². The van der Waals surface area contributed by atoms with E-state index < -0.39 is 5.60 Å². The molecule has 0 amide bonds.